The molecule has 2 atom stereocenters. The van der Waals surface area contributed by atoms with Gasteiger partial charge in [-0.15, -0.1) is 0 Å². The fourth-order valence-corrected chi connectivity index (χ4v) is 2.62. The van der Waals surface area contributed by atoms with E-state index in [1.807, 2.05) is 66.7 Å². The monoisotopic (exact) mass is 324 g/mol. The second kappa shape index (κ2) is 8.67. The number of carboxylic acid groups (broad SMARTS) is 2. The Morgan fingerprint density at radius 1 is 0.833 bits per heavy atom. The highest BCUT2D eigenvalue weighted by atomic mass is 16.4. The minimum Gasteiger partial charge on any atom is -0.481 e. The quantitative estimate of drug-likeness (QED) is 0.776. The first-order valence-electron chi connectivity index (χ1n) is 7.79. The van der Waals surface area contributed by atoms with Gasteiger partial charge in [-0.3, -0.25) is 9.59 Å². The zero-order chi connectivity index (χ0) is 17.4. The van der Waals surface area contributed by atoms with Crippen molar-refractivity contribution < 1.29 is 19.8 Å². The van der Waals surface area contributed by atoms with Crippen LogP contribution >= 0.6 is 0 Å². The van der Waals surface area contributed by atoms with E-state index in [0.717, 1.165) is 11.1 Å². The first-order chi connectivity index (χ1) is 11.6. The van der Waals surface area contributed by atoms with E-state index in [-0.39, 0.29) is 12.8 Å². The topological polar surface area (TPSA) is 74.6 Å². The van der Waals surface area contributed by atoms with Gasteiger partial charge in [-0.05, 0) is 24.0 Å². The van der Waals surface area contributed by atoms with Crippen molar-refractivity contribution in [2.24, 2.45) is 11.8 Å². The highest BCUT2D eigenvalue weighted by Crippen LogP contribution is 2.23. The van der Waals surface area contributed by atoms with E-state index in [0.29, 0.717) is 0 Å². The van der Waals surface area contributed by atoms with Crippen LogP contribution in [0.3, 0.4) is 0 Å². The maximum Gasteiger partial charge on any atom is 0.307 e. The minimum absolute atomic E-state index is 0.175. The molecule has 2 aromatic carbocycles. The number of rotatable bonds is 8. The summed E-state index contributed by atoms with van der Waals surface area (Å²) in [6.45, 7) is 0. The molecule has 0 radical (unpaired) electrons. The molecule has 0 aromatic heterocycles. The zero-order valence-corrected chi connectivity index (χ0v) is 13.2. The van der Waals surface area contributed by atoms with Crippen molar-refractivity contribution in [3.05, 3.63) is 77.9 Å². The number of benzene rings is 2. The van der Waals surface area contributed by atoms with E-state index < -0.39 is 23.8 Å². The average Bonchev–Trinajstić information content (AvgIpc) is 2.58. The fraction of sp³-hybridized carbons (Fsp3) is 0.200. The van der Waals surface area contributed by atoms with Crippen LogP contribution in [0, 0.1) is 11.8 Å². The molecule has 0 spiro atoms. The van der Waals surface area contributed by atoms with Crippen LogP contribution in [-0.4, -0.2) is 22.2 Å². The van der Waals surface area contributed by atoms with Gasteiger partial charge in [0.2, 0.25) is 0 Å². The molecule has 0 saturated carbocycles. The largest absolute Gasteiger partial charge is 0.481 e. The molecular weight excluding hydrogens is 304 g/mol. The van der Waals surface area contributed by atoms with Crippen LogP contribution in [0.25, 0.3) is 6.08 Å². The van der Waals surface area contributed by atoms with Crippen molar-refractivity contribution in [1.29, 1.82) is 0 Å². The molecule has 24 heavy (non-hydrogen) atoms. The third kappa shape index (κ3) is 5.09. The molecule has 4 nitrogen and oxygen atoms in total. The normalized spacial score (nSPS) is 13.5. The van der Waals surface area contributed by atoms with Gasteiger partial charge in [-0.25, -0.2) is 0 Å². The molecule has 0 fully saturated rings. The summed E-state index contributed by atoms with van der Waals surface area (Å²) in [6.07, 6.45) is 3.92. The van der Waals surface area contributed by atoms with Gasteiger partial charge in [-0.1, -0.05) is 72.8 Å². The number of aliphatic carboxylic acids is 2. The molecule has 2 aromatic rings. The summed E-state index contributed by atoms with van der Waals surface area (Å²) < 4.78 is 0. The first kappa shape index (κ1) is 17.5. The Balaban J connectivity index is 2.12. The van der Waals surface area contributed by atoms with Crippen LogP contribution in [0.5, 0.6) is 0 Å². The molecule has 124 valence electrons. The van der Waals surface area contributed by atoms with Crippen LogP contribution in [0.2, 0.25) is 0 Å². The van der Waals surface area contributed by atoms with Crippen LogP contribution in [0.15, 0.2) is 66.7 Å². The lowest BCUT2D eigenvalue weighted by atomic mass is 9.84. The summed E-state index contributed by atoms with van der Waals surface area (Å²) in [7, 11) is 0. The summed E-state index contributed by atoms with van der Waals surface area (Å²) in [5, 5.41) is 19.0. The van der Waals surface area contributed by atoms with Gasteiger partial charge < -0.3 is 10.2 Å². The minimum atomic E-state index is -1.09. The smallest absolute Gasteiger partial charge is 0.307 e. The van der Waals surface area contributed by atoms with E-state index in [4.69, 9.17) is 0 Å². The van der Waals surface area contributed by atoms with Crippen molar-refractivity contribution in [2.45, 2.75) is 12.8 Å². The molecule has 0 saturated heterocycles. The second-order valence-electron chi connectivity index (χ2n) is 5.63. The summed E-state index contributed by atoms with van der Waals surface area (Å²) in [4.78, 5) is 23.2. The van der Waals surface area contributed by atoms with Gasteiger partial charge in [0, 0.05) is 0 Å². The first-order valence-corrected chi connectivity index (χ1v) is 7.79. The van der Waals surface area contributed by atoms with Gasteiger partial charge >= 0.3 is 11.9 Å². The Morgan fingerprint density at radius 2 is 1.38 bits per heavy atom. The predicted octanol–water partition coefficient (Wildman–Crippen LogP) is 3.73. The van der Waals surface area contributed by atoms with Gasteiger partial charge in [0.1, 0.15) is 0 Å². The predicted molar refractivity (Wildman–Crippen MR) is 92.5 cm³/mol. The molecule has 2 N–H and O–H groups in total. The van der Waals surface area contributed by atoms with E-state index in [1.165, 1.54) is 0 Å². The van der Waals surface area contributed by atoms with Crippen molar-refractivity contribution in [1.82, 2.24) is 0 Å². The van der Waals surface area contributed by atoms with E-state index in [1.54, 1.807) is 6.08 Å². The van der Waals surface area contributed by atoms with Crippen molar-refractivity contribution in [3.8, 4) is 0 Å². The molecule has 0 aliphatic heterocycles. The van der Waals surface area contributed by atoms with Crippen LogP contribution < -0.4 is 0 Å². The molecule has 0 aliphatic rings. The van der Waals surface area contributed by atoms with Crippen molar-refractivity contribution in [2.75, 3.05) is 0 Å². The molecule has 0 aliphatic carbocycles. The molecule has 4 heteroatoms. The highest BCUT2D eigenvalue weighted by Gasteiger charge is 2.32. The second-order valence-corrected chi connectivity index (χ2v) is 5.63. The number of carboxylic acids is 2. The van der Waals surface area contributed by atoms with E-state index in [9.17, 15) is 19.8 Å². The number of hydrogen-bond donors (Lipinski definition) is 2. The fourth-order valence-electron chi connectivity index (χ4n) is 2.62. The lowest BCUT2D eigenvalue weighted by Crippen LogP contribution is -2.31. The van der Waals surface area contributed by atoms with E-state index in [2.05, 4.69) is 0 Å². The van der Waals surface area contributed by atoms with Crippen LogP contribution in [0.4, 0.5) is 0 Å². The third-order valence-corrected chi connectivity index (χ3v) is 3.92. The van der Waals surface area contributed by atoms with Crippen LogP contribution in [0.1, 0.15) is 17.5 Å². The van der Waals surface area contributed by atoms with E-state index >= 15 is 0 Å². The zero-order valence-electron chi connectivity index (χ0n) is 13.2. The Kier molecular flexibility index (Phi) is 6.32. The summed E-state index contributed by atoms with van der Waals surface area (Å²) in [6, 6.07) is 18.6. The van der Waals surface area contributed by atoms with Gasteiger partial charge in [-0.2, -0.15) is 0 Å². The lowest BCUT2D eigenvalue weighted by molar-refractivity contribution is -0.153. The Labute approximate surface area is 141 Å². The molecular formula is C20H20O4. The summed E-state index contributed by atoms with van der Waals surface area (Å²) >= 11 is 0. The Hall–Kier alpha value is -2.88. The van der Waals surface area contributed by atoms with Crippen LogP contribution in [-0.2, 0) is 16.0 Å². The molecule has 0 heterocycles. The Morgan fingerprint density at radius 3 is 1.92 bits per heavy atom. The standard InChI is InChI=1S/C20H20O4/c21-19(22)17(13-7-12-15-8-3-1-4-9-15)18(20(23)24)14-16-10-5-2-6-11-16/h1-12,17-18H,13-14H2,(H,21,22)(H,23,24)/b12-7+/t17-,18+/m1/s1. The Bertz CT molecular complexity index is 692. The average molecular weight is 324 g/mol. The number of carbonyl (C=O) groups is 2. The molecule has 0 amide bonds. The highest BCUT2D eigenvalue weighted by molar-refractivity contribution is 5.80. The third-order valence-electron chi connectivity index (χ3n) is 3.92. The SMILES string of the molecule is O=C(O)[C@@H](Cc1ccccc1)[C@@H](C/C=C/c1ccccc1)C(=O)O. The summed E-state index contributed by atoms with van der Waals surface area (Å²) in [5.74, 6) is -4.11. The molecule has 2 rings (SSSR count). The maximum atomic E-state index is 11.6. The molecule has 0 unspecified atom stereocenters. The molecule has 0 bridgehead atoms. The van der Waals surface area contributed by atoms with Gasteiger partial charge in [0.05, 0.1) is 11.8 Å². The van der Waals surface area contributed by atoms with Crippen molar-refractivity contribution in [3.63, 3.8) is 0 Å². The lowest BCUT2D eigenvalue weighted by Gasteiger charge is -2.19. The number of hydrogen-bond acceptors (Lipinski definition) is 2. The van der Waals surface area contributed by atoms with Gasteiger partial charge in [0.15, 0.2) is 0 Å². The van der Waals surface area contributed by atoms with Crippen molar-refractivity contribution >= 4 is 18.0 Å². The summed E-state index contributed by atoms with van der Waals surface area (Å²) in [5.41, 5.74) is 1.78. The van der Waals surface area contributed by atoms with Gasteiger partial charge in [0.25, 0.3) is 0 Å². The number of allylic oxidation sites excluding steroid dienone is 1. The maximum absolute atomic E-state index is 11.6.